The van der Waals surface area contributed by atoms with Gasteiger partial charge in [-0.05, 0) is 64.9 Å². The van der Waals surface area contributed by atoms with Gasteiger partial charge in [0.1, 0.15) is 11.6 Å². The number of hydrogen-bond acceptors (Lipinski definition) is 2. The third kappa shape index (κ3) is 4.96. The first-order valence-corrected chi connectivity index (χ1v) is 10.6. The van der Waals surface area contributed by atoms with E-state index in [0.717, 1.165) is 28.9 Å². The fourth-order valence-electron chi connectivity index (χ4n) is 4.04. The lowest BCUT2D eigenvalue weighted by Crippen LogP contribution is -2.17. The van der Waals surface area contributed by atoms with Crippen LogP contribution < -0.4 is 4.74 Å². The summed E-state index contributed by atoms with van der Waals surface area (Å²) >= 11 is 0. The van der Waals surface area contributed by atoms with Crippen molar-refractivity contribution < 1.29 is 27.8 Å². The van der Waals surface area contributed by atoms with Crippen LogP contribution in [0.3, 0.4) is 0 Å². The predicted molar refractivity (Wildman–Crippen MR) is 116 cm³/mol. The Bertz CT molecular complexity index is 1120. The Labute approximate surface area is 184 Å². The fraction of sp³-hybridized carbons (Fsp3) is 0.269. The van der Waals surface area contributed by atoms with E-state index in [4.69, 9.17) is 9.84 Å². The summed E-state index contributed by atoms with van der Waals surface area (Å²) in [6.45, 7) is 0.597. The van der Waals surface area contributed by atoms with Crippen LogP contribution in [-0.4, -0.2) is 17.7 Å². The van der Waals surface area contributed by atoms with Crippen LogP contribution in [0.15, 0.2) is 60.7 Å². The summed E-state index contributed by atoms with van der Waals surface area (Å²) in [7, 11) is 0. The van der Waals surface area contributed by atoms with Gasteiger partial charge in [0.2, 0.25) is 0 Å². The van der Waals surface area contributed by atoms with Crippen molar-refractivity contribution in [2.24, 2.45) is 0 Å². The molecule has 0 amide bonds. The quantitative estimate of drug-likeness (QED) is 0.456. The maximum absolute atomic E-state index is 15.2. The van der Waals surface area contributed by atoms with Crippen LogP contribution in [0.4, 0.5) is 13.2 Å². The van der Waals surface area contributed by atoms with Gasteiger partial charge in [0.15, 0.2) is 0 Å². The van der Waals surface area contributed by atoms with Gasteiger partial charge in [0.25, 0.3) is 5.92 Å². The molecule has 1 heterocycles. The van der Waals surface area contributed by atoms with E-state index in [0.29, 0.717) is 25.0 Å². The van der Waals surface area contributed by atoms with Crippen molar-refractivity contribution in [1.29, 1.82) is 0 Å². The van der Waals surface area contributed by atoms with E-state index in [1.165, 1.54) is 24.3 Å². The van der Waals surface area contributed by atoms with Crippen molar-refractivity contribution in [1.82, 2.24) is 0 Å². The van der Waals surface area contributed by atoms with Crippen LogP contribution in [0.25, 0.3) is 11.1 Å². The molecule has 0 spiro atoms. The van der Waals surface area contributed by atoms with E-state index >= 15 is 8.78 Å². The Kier molecular flexibility index (Phi) is 6.21. The molecule has 0 unspecified atom stereocenters. The second-order valence-electron chi connectivity index (χ2n) is 8.05. The molecular weight excluding hydrogens is 417 g/mol. The molecule has 0 bridgehead atoms. The third-order valence-electron chi connectivity index (χ3n) is 5.71. The second-order valence-corrected chi connectivity index (χ2v) is 8.05. The zero-order valence-corrected chi connectivity index (χ0v) is 17.4. The summed E-state index contributed by atoms with van der Waals surface area (Å²) in [5, 5.41) is 8.72. The van der Waals surface area contributed by atoms with Gasteiger partial charge < -0.3 is 9.84 Å². The molecule has 6 heteroatoms. The molecule has 1 aliphatic heterocycles. The number of carboxylic acid groups (broad SMARTS) is 1. The molecule has 0 saturated heterocycles. The van der Waals surface area contributed by atoms with Gasteiger partial charge in [0.05, 0.1) is 6.61 Å². The van der Waals surface area contributed by atoms with Gasteiger partial charge in [0, 0.05) is 24.8 Å². The molecule has 3 aromatic rings. The van der Waals surface area contributed by atoms with Crippen LogP contribution in [0.5, 0.6) is 5.75 Å². The summed E-state index contributed by atoms with van der Waals surface area (Å²) in [4.78, 5) is 10.6. The highest BCUT2D eigenvalue weighted by atomic mass is 19.3. The molecule has 166 valence electrons. The number of carboxylic acids is 1. The molecule has 0 radical (unpaired) electrons. The van der Waals surface area contributed by atoms with E-state index in [1.54, 1.807) is 18.2 Å². The first-order chi connectivity index (χ1) is 15.3. The normalized spacial score (nSPS) is 13.0. The van der Waals surface area contributed by atoms with Gasteiger partial charge in [-0.15, -0.1) is 0 Å². The van der Waals surface area contributed by atoms with E-state index in [2.05, 4.69) is 0 Å². The van der Waals surface area contributed by atoms with Crippen LogP contribution in [-0.2, 0) is 30.0 Å². The average Bonchev–Trinajstić information content (AvgIpc) is 3.21. The average molecular weight is 440 g/mol. The molecule has 0 fully saturated rings. The standard InChI is InChI=1S/C26H23F3O3/c27-22-9-10-23(18-6-11-24-19(14-18)12-13-32-24)20(15-22)16-26(28,29)21-7-4-17(5-8-21)2-1-3-25(30)31/h4-11,14-15H,1-3,12-13,16H2,(H,30,31). The topological polar surface area (TPSA) is 46.5 Å². The number of ether oxygens (including phenoxy) is 1. The highest BCUT2D eigenvalue weighted by Gasteiger charge is 2.33. The minimum atomic E-state index is -3.19. The monoisotopic (exact) mass is 440 g/mol. The number of hydrogen-bond donors (Lipinski definition) is 1. The number of alkyl halides is 2. The lowest BCUT2D eigenvalue weighted by molar-refractivity contribution is -0.137. The van der Waals surface area contributed by atoms with Gasteiger partial charge >= 0.3 is 5.97 Å². The van der Waals surface area contributed by atoms with E-state index in [9.17, 15) is 9.18 Å². The lowest BCUT2D eigenvalue weighted by atomic mass is 9.91. The minimum Gasteiger partial charge on any atom is -0.493 e. The molecule has 4 rings (SSSR count). The first-order valence-electron chi connectivity index (χ1n) is 10.6. The van der Waals surface area contributed by atoms with Crippen LogP contribution in [0, 0.1) is 5.82 Å². The molecule has 0 aromatic heterocycles. The van der Waals surface area contributed by atoms with E-state index < -0.39 is 24.1 Å². The van der Waals surface area contributed by atoms with Crippen molar-refractivity contribution >= 4 is 5.97 Å². The highest BCUT2D eigenvalue weighted by Crippen LogP contribution is 2.37. The Morgan fingerprint density at radius 2 is 1.81 bits per heavy atom. The SMILES string of the molecule is O=C(O)CCCc1ccc(C(F)(F)Cc2cc(F)ccc2-c2ccc3c(c2)CCO3)cc1. The zero-order valence-electron chi connectivity index (χ0n) is 17.4. The summed E-state index contributed by atoms with van der Waals surface area (Å²) < 4.78 is 49.8. The van der Waals surface area contributed by atoms with Crippen LogP contribution in [0.1, 0.15) is 35.1 Å². The Morgan fingerprint density at radius 3 is 2.56 bits per heavy atom. The van der Waals surface area contributed by atoms with Crippen molar-refractivity contribution in [3.63, 3.8) is 0 Å². The minimum absolute atomic E-state index is 0.0368. The fourth-order valence-corrected chi connectivity index (χ4v) is 4.04. The van der Waals surface area contributed by atoms with Crippen molar-refractivity contribution in [2.75, 3.05) is 6.61 Å². The molecule has 0 atom stereocenters. The lowest BCUT2D eigenvalue weighted by Gasteiger charge is -2.20. The molecule has 0 saturated carbocycles. The number of carbonyl (C=O) groups is 1. The molecule has 0 aliphatic carbocycles. The van der Waals surface area contributed by atoms with Crippen molar-refractivity contribution in [3.05, 3.63) is 88.7 Å². The third-order valence-corrected chi connectivity index (χ3v) is 5.71. The van der Waals surface area contributed by atoms with Gasteiger partial charge in [-0.1, -0.05) is 36.4 Å². The number of rotatable bonds is 8. The Balaban J connectivity index is 1.56. The van der Waals surface area contributed by atoms with Gasteiger partial charge in [-0.2, -0.15) is 0 Å². The van der Waals surface area contributed by atoms with Crippen LogP contribution in [0.2, 0.25) is 0 Å². The largest absolute Gasteiger partial charge is 0.493 e. The zero-order chi connectivity index (χ0) is 22.7. The molecule has 1 N–H and O–H groups in total. The molecule has 3 nitrogen and oxygen atoms in total. The number of benzene rings is 3. The van der Waals surface area contributed by atoms with E-state index in [1.807, 2.05) is 18.2 Å². The second kappa shape index (κ2) is 9.07. The summed E-state index contributed by atoms with van der Waals surface area (Å²) in [6, 6.07) is 15.5. The van der Waals surface area contributed by atoms with Gasteiger partial charge in [-0.25, -0.2) is 13.2 Å². The van der Waals surface area contributed by atoms with Gasteiger partial charge in [-0.3, -0.25) is 4.79 Å². The predicted octanol–water partition coefficient (Wildman–Crippen LogP) is 6.17. The van der Waals surface area contributed by atoms with Crippen molar-refractivity contribution in [2.45, 2.75) is 38.0 Å². The number of fused-ring (bicyclic) bond motifs is 1. The summed E-state index contributed by atoms with van der Waals surface area (Å²) in [5.74, 6) is -3.83. The molecule has 3 aromatic carbocycles. The Hall–Kier alpha value is -3.28. The maximum atomic E-state index is 15.2. The number of aliphatic carboxylic acids is 1. The molecule has 1 aliphatic rings. The highest BCUT2D eigenvalue weighted by molar-refractivity contribution is 5.70. The first kappa shape index (κ1) is 21.9. The summed E-state index contributed by atoms with van der Waals surface area (Å²) in [5.41, 5.74) is 3.23. The summed E-state index contributed by atoms with van der Waals surface area (Å²) in [6.07, 6.45) is 1.12. The number of aryl methyl sites for hydroxylation is 1. The Morgan fingerprint density at radius 1 is 1.03 bits per heavy atom. The number of halogens is 3. The maximum Gasteiger partial charge on any atom is 0.303 e. The molecular formula is C26H23F3O3. The molecule has 32 heavy (non-hydrogen) atoms. The van der Waals surface area contributed by atoms with Crippen molar-refractivity contribution in [3.8, 4) is 16.9 Å². The van der Waals surface area contributed by atoms with Crippen LogP contribution >= 0.6 is 0 Å². The smallest absolute Gasteiger partial charge is 0.303 e. The van der Waals surface area contributed by atoms with E-state index in [-0.39, 0.29) is 17.5 Å².